The molecule has 4 unspecified atom stereocenters. The van der Waals surface area contributed by atoms with Crippen LogP contribution in [0.4, 0.5) is 0 Å². The molecule has 92 valence electrons. The van der Waals surface area contributed by atoms with Crippen LogP contribution in [0.25, 0.3) is 0 Å². The van der Waals surface area contributed by atoms with Gasteiger partial charge in [0.15, 0.2) is 0 Å². The molecule has 0 bridgehead atoms. The molecule has 0 amide bonds. The Morgan fingerprint density at radius 1 is 0.867 bits per heavy atom. The molecular formula is C15H32. The molecular weight excluding hydrogens is 180 g/mol. The highest BCUT2D eigenvalue weighted by atomic mass is 14.3. The molecule has 0 aromatic carbocycles. The molecule has 0 heteroatoms. The van der Waals surface area contributed by atoms with Crippen molar-refractivity contribution in [2.45, 2.75) is 73.6 Å². The molecule has 0 spiro atoms. The van der Waals surface area contributed by atoms with Crippen molar-refractivity contribution in [2.75, 3.05) is 0 Å². The Kier molecular flexibility index (Phi) is 8.19. The lowest BCUT2D eigenvalue weighted by molar-refractivity contribution is 0.207. The summed E-state index contributed by atoms with van der Waals surface area (Å²) in [5.74, 6) is 3.67. The maximum Gasteiger partial charge on any atom is -0.0386 e. The largest absolute Gasteiger partial charge is 0.0654 e. The molecule has 0 aromatic rings. The fourth-order valence-corrected chi connectivity index (χ4v) is 2.62. The topological polar surface area (TPSA) is 0 Å². The summed E-state index contributed by atoms with van der Waals surface area (Å²) in [5.41, 5.74) is 0. The van der Waals surface area contributed by atoms with Gasteiger partial charge in [0, 0.05) is 0 Å². The Morgan fingerprint density at radius 2 is 1.47 bits per heavy atom. The summed E-state index contributed by atoms with van der Waals surface area (Å²) in [7, 11) is 0. The van der Waals surface area contributed by atoms with Gasteiger partial charge in [-0.25, -0.2) is 0 Å². The van der Waals surface area contributed by atoms with E-state index >= 15 is 0 Å². The SMILES string of the molecule is CCCC(C)C(C)C(CC)CC(C)CC. The van der Waals surface area contributed by atoms with Crippen LogP contribution in [0.15, 0.2) is 0 Å². The maximum absolute atomic E-state index is 2.47. The molecule has 4 atom stereocenters. The Morgan fingerprint density at radius 3 is 1.87 bits per heavy atom. The summed E-state index contributed by atoms with van der Waals surface area (Å²) in [6.45, 7) is 14.3. The van der Waals surface area contributed by atoms with E-state index in [9.17, 15) is 0 Å². The number of rotatable bonds is 8. The molecule has 0 fully saturated rings. The Bertz CT molecular complexity index is 139. The predicted octanol–water partition coefficient (Wildman–Crippen LogP) is 5.52. The van der Waals surface area contributed by atoms with Crippen molar-refractivity contribution in [1.82, 2.24) is 0 Å². The number of hydrogen-bond donors (Lipinski definition) is 0. The smallest absolute Gasteiger partial charge is 0.0386 e. The zero-order chi connectivity index (χ0) is 11.8. The molecule has 0 saturated carbocycles. The summed E-state index contributed by atoms with van der Waals surface area (Å²) in [5, 5.41) is 0. The van der Waals surface area contributed by atoms with Crippen LogP contribution in [0.5, 0.6) is 0 Å². The summed E-state index contributed by atoms with van der Waals surface area (Å²) in [4.78, 5) is 0. The molecule has 0 nitrogen and oxygen atoms in total. The van der Waals surface area contributed by atoms with Crippen LogP contribution < -0.4 is 0 Å². The second-order valence-electron chi connectivity index (χ2n) is 5.54. The van der Waals surface area contributed by atoms with Gasteiger partial charge in [0.05, 0.1) is 0 Å². The van der Waals surface area contributed by atoms with E-state index in [0.717, 1.165) is 23.7 Å². The minimum atomic E-state index is 0.906. The van der Waals surface area contributed by atoms with Crippen LogP contribution in [0, 0.1) is 23.7 Å². The Hall–Kier alpha value is 0. The van der Waals surface area contributed by atoms with Gasteiger partial charge in [-0.1, -0.05) is 67.2 Å². The fraction of sp³-hybridized carbons (Fsp3) is 1.00. The van der Waals surface area contributed by atoms with Crippen molar-refractivity contribution >= 4 is 0 Å². The van der Waals surface area contributed by atoms with E-state index < -0.39 is 0 Å². The molecule has 0 heterocycles. The van der Waals surface area contributed by atoms with Crippen LogP contribution in [0.1, 0.15) is 73.6 Å². The average Bonchev–Trinajstić information content (AvgIpc) is 2.24. The van der Waals surface area contributed by atoms with E-state index in [1.54, 1.807) is 0 Å². The van der Waals surface area contributed by atoms with E-state index in [-0.39, 0.29) is 0 Å². The van der Waals surface area contributed by atoms with E-state index in [4.69, 9.17) is 0 Å². The average molecular weight is 212 g/mol. The molecule has 0 aliphatic rings. The molecule has 0 N–H and O–H groups in total. The van der Waals surface area contributed by atoms with Crippen molar-refractivity contribution in [1.29, 1.82) is 0 Å². The third-order valence-electron chi connectivity index (χ3n) is 4.31. The molecule has 0 saturated heterocycles. The molecule has 0 aliphatic carbocycles. The van der Waals surface area contributed by atoms with Gasteiger partial charge in [-0.2, -0.15) is 0 Å². The van der Waals surface area contributed by atoms with Crippen LogP contribution >= 0.6 is 0 Å². The van der Waals surface area contributed by atoms with E-state index in [1.165, 1.54) is 32.1 Å². The quantitative estimate of drug-likeness (QED) is 0.497. The molecule has 0 aromatic heterocycles. The van der Waals surface area contributed by atoms with Crippen molar-refractivity contribution in [3.8, 4) is 0 Å². The van der Waals surface area contributed by atoms with Gasteiger partial charge in [0.2, 0.25) is 0 Å². The van der Waals surface area contributed by atoms with Gasteiger partial charge in [0.25, 0.3) is 0 Å². The highest BCUT2D eigenvalue weighted by Crippen LogP contribution is 2.31. The van der Waals surface area contributed by atoms with Crippen molar-refractivity contribution in [2.24, 2.45) is 23.7 Å². The summed E-state index contributed by atoms with van der Waals surface area (Å²) in [6.07, 6.45) is 6.87. The minimum Gasteiger partial charge on any atom is -0.0654 e. The van der Waals surface area contributed by atoms with Gasteiger partial charge in [-0.05, 0) is 30.1 Å². The second-order valence-corrected chi connectivity index (χ2v) is 5.54. The first kappa shape index (κ1) is 15.0. The lowest BCUT2D eigenvalue weighted by atomic mass is 9.76. The zero-order valence-corrected chi connectivity index (χ0v) is 11.8. The highest BCUT2D eigenvalue weighted by molar-refractivity contribution is 4.72. The lowest BCUT2D eigenvalue weighted by Gasteiger charge is -2.30. The zero-order valence-electron chi connectivity index (χ0n) is 11.8. The first-order valence-corrected chi connectivity index (χ1v) is 7.06. The minimum absolute atomic E-state index is 0.906. The molecule has 0 rings (SSSR count). The summed E-state index contributed by atoms with van der Waals surface area (Å²) >= 11 is 0. The van der Waals surface area contributed by atoms with Gasteiger partial charge >= 0.3 is 0 Å². The van der Waals surface area contributed by atoms with Gasteiger partial charge < -0.3 is 0 Å². The van der Waals surface area contributed by atoms with Crippen LogP contribution in [-0.4, -0.2) is 0 Å². The monoisotopic (exact) mass is 212 g/mol. The summed E-state index contributed by atoms with van der Waals surface area (Å²) in [6, 6.07) is 0. The van der Waals surface area contributed by atoms with E-state index in [2.05, 4.69) is 41.5 Å². The fourth-order valence-electron chi connectivity index (χ4n) is 2.62. The van der Waals surface area contributed by atoms with Crippen LogP contribution in [0.2, 0.25) is 0 Å². The Balaban J connectivity index is 4.13. The van der Waals surface area contributed by atoms with Crippen molar-refractivity contribution in [3.63, 3.8) is 0 Å². The maximum atomic E-state index is 2.47. The first-order valence-electron chi connectivity index (χ1n) is 7.06. The third-order valence-corrected chi connectivity index (χ3v) is 4.31. The standard InChI is InChI=1S/C15H32/c1-7-10-13(5)14(6)15(9-3)11-12(4)8-2/h12-15H,7-11H2,1-6H3. The van der Waals surface area contributed by atoms with Crippen LogP contribution in [-0.2, 0) is 0 Å². The highest BCUT2D eigenvalue weighted by Gasteiger charge is 2.22. The Labute approximate surface area is 97.8 Å². The lowest BCUT2D eigenvalue weighted by Crippen LogP contribution is -2.20. The summed E-state index contributed by atoms with van der Waals surface area (Å²) < 4.78 is 0. The van der Waals surface area contributed by atoms with Gasteiger partial charge in [0.1, 0.15) is 0 Å². The number of hydrogen-bond acceptors (Lipinski definition) is 0. The molecule has 15 heavy (non-hydrogen) atoms. The van der Waals surface area contributed by atoms with Crippen molar-refractivity contribution < 1.29 is 0 Å². The van der Waals surface area contributed by atoms with Gasteiger partial charge in [-0.15, -0.1) is 0 Å². The first-order chi connectivity index (χ1) is 7.06. The van der Waals surface area contributed by atoms with Gasteiger partial charge in [-0.3, -0.25) is 0 Å². The molecule has 0 aliphatic heterocycles. The predicted molar refractivity (Wildman–Crippen MR) is 71.1 cm³/mol. The normalized spacial score (nSPS) is 19.6. The second kappa shape index (κ2) is 8.19. The van der Waals surface area contributed by atoms with E-state index in [1.807, 2.05) is 0 Å². The molecule has 0 radical (unpaired) electrons. The van der Waals surface area contributed by atoms with E-state index in [0.29, 0.717) is 0 Å². The van der Waals surface area contributed by atoms with Crippen molar-refractivity contribution in [3.05, 3.63) is 0 Å². The van der Waals surface area contributed by atoms with Crippen LogP contribution in [0.3, 0.4) is 0 Å². The third kappa shape index (κ3) is 5.58.